The number of hydrogen-bond donors (Lipinski definition) is 2. The number of piperidine rings is 1. The summed E-state index contributed by atoms with van der Waals surface area (Å²) in [5, 5.41) is 6.14. The molecule has 2 fully saturated rings. The van der Waals surface area contributed by atoms with Gasteiger partial charge in [0.1, 0.15) is 0 Å². The highest BCUT2D eigenvalue weighted by molar-refractivity contribution is 5.90. The first-order valence-electron chi connectivity index (χ1n) is 10.1. The summed E-state index contributed by atoms with van der Waals surface area (Å²) >= 11 is 0. The molecule has 2 N–H and O–H groups in total. The third-order valence-corrected chi connectivity index (χ3v) is 5.67. The summed E-state index contributed by atoms with van der Waals surface area (Å²) in [4.78, 5) is 26.4. The zero-order valence-corrected chi connectivity index (χ0v) is 15.6. The summed E-state index contributed by atoms with van der Waals surface area (Å²) in [5.74, 6) is 0.615. The molecular weight excluding hydrogens is 326 g/mol. The van der Waals surface area contributed by atoms with E-state index in [0.717, 1.165) is 50.9 Å². The second kappa shape index (κ2) is 9.60. The van der Waals surface area contributed by atoms with Gasteiger partial charge < -0.3 is 15.5 Å². The predicted molar refractivity (Wildman–Crippen MR) is 104 cm³/mol. The van der Waals surface area contributed by atoms with E-state index < -0.39 is 0 Å². The van der Waals surface area contributed by atoms with Crippen molar-refractivity contribution in [2.24, 2.45) is 5.92 Å². The molecule has 1 saturated carbocycles. The molecule has 0 unspecified atom stereocenters. The lowest BCUT2D eigenvalue weighted by Crippen LogP contribution is -2.48. The number of hydrogen-bond acceptors (Lipinski definition) is 2. The van der Waals surface area contributed by atoms with Crippen LogP contribution in [0.4, 0.5) is 10.5 Å². The van der Waals surface area contributed by atoms with E-state index in [2.05, 4.69) is 10.6 Å². The van der Waals surface area contributed by atoms with Gasteiger partial charge in [-0.05, 0) is 50.2 Å². The zero-order valence-electron chi connectivity index (χ0n) is 15.6. The maximum Gasteiger partial charge on any atom is 0.317 e. The average Bonchev–Trinajstić information content (AvgIpc) is 2.68. The van der Waals surface area contributed by atoms with Crippen LogP contribution in [0.5, 0.6) is 0 Å². The van der Waals surface area contributed by atoms with Crippen LogP contribution in [0.25, 0.3) is 0 Å². The maximum absolute atomic E-state index is 12.4. The smallest absolute Gasteiger partial charge is 0.317 e. The average molecular weight is 357 g/mol. The molecule has 5 heteroatoms. The van der Waals surface area contributed by atoms with Gasteiger partial charge in [-0.25, -0.2) is 4.79 Å². The fraction of sp³-hybridized carbons (Fsp3) is 0.619. The summed E-state index contributed by atoms with van der Waals surface area (Å²) in [6, 6.07) is 10.1. The van der Waals surface area contributed by atoms with E-state index in [1.54, 1.807) is 0 Å². The second-order valence-corrected chi connectivity index (χ2v) is 7.67. The lowest BCUT2D eigenvalue weighted by atomic mass is 9.92. The van der Waals surface area contributed by atoms with E-state index in [9.17, 15) is 9.59 Å². The highest BCUT2D eigenvalue weighted by Crippen LogP contribution is 2.23. The number of amides is 3. The van der Waals surface area contributed by atoms with Gasteiger partial charge in [-0.3, -0.25) is 4.79 Å². The number of nitrogens with one attached hydrogen (secondary N) is 2. The van der Waals surface area contributed by atoms with Gasteiger partial charge in [-0.15, -0.1) is 0 Å². The SMILES string of the molecule is O=C(CCC1CCN(C(=O)NC2CCCCC2)CC1)Nc1ccccc1. The fourth-order valence-electron chi connectivity index (χ4n) is 4.02. The molecule has 0 spiro atoms. The van der Waals surface area contributed by atoms with Crippen LogP contribution in [-0.4, -0.2) is 36.0 Å². The molecule has 5 nitrogen and oxygen atoms in total. The zero-order chi connectivity index (χ0) is 18.2. The quantitative estimate of drug-likeness (QED) is 0.831. The molecule has 3 rings (SSSR count). The lowest BCUT2D eigenvalue weighted by Gasteiger charge is -2.34. The first-order chi connectivity index (χ1) is 12.7. The molecule has 2 aliphatic rings. The Labute approximate surface area is 156 Å². The molecule has 1 saturated heterocycles. The fourth-order valence-corrected chi connectivity index (χ4v) is 4.02. The molecule has 0 aromatic heterocycles. The van der Waals surface area contributed by atoms with Crippen molar-refractivity contribution < 1.29 is 9.59 Å². The minimum absolute atomic E-state index is 0.0775. The van der Waals surface area contributed by atoms with Crippen molar-refractivity contribution in [2.45, 2.75) is 63.8 Å². The van der Waals surface area contributed by atoms with Crippen molar-refractivity contribution in [2.75, 3.05) is 18.4 Å². The van der Waals surface area contributed by atoms with E-state index in [-0.39, 0.29) is 11.9 Å². The van der Waals surface area contributed by atoms with Crippen molar-refractivity contribution in [1.82, 2.24) is 10.2 Å². The van der Waals surface area contributed by atoms with Gasteiger partial charge in [0.2, 0.25) is 5.91 Å². The number of rotatable bonds is 5. The molecule has 1 aromatic carbocycles. The van der Waals surface area contributed by atoms with Gasteiger partial charge >= 0.3 is 6.03 Å². The normalized spacial score (nSPS) is 19.2. The van der Waals surface area contributed by atoms with Gasteiger partial charge in [0, 0.05) is 31.2 Å². The van der Waals surface area contributed by atoms with E-state index in [4.69, 9.17) is 0 Å². The minimum Gasteiger partial charge on any atom is -0.335 e. The number of anilines is 1. The van der Waals surface area contributed by atoms with Crippen LogP contribution in [0.15, 0.2) is 30.3 Å². The number of urea groups is 1. The molecule has 0 atom stereocenters. The predicted octanol–water partition coefficient (Wildman–Crippen LogP) is 4.16. The van der Waals surface area contributed by atoms with Gasteiger partial charge in [0.05, 0.1) is 0 Å². The highest BCUT2D eigenvalue weighted by atomic mass is 16.2. The van der Waals surface area contributed by atoms with Crippen LogP contribution in [0.1, 0.15) is 57.8 Å². The molecule has 1 heterocycles. The van der Waals surface area contributed by atoms with Crippen molar-refractivity contribution in [3.63, 3.8) is 0 Å². The number of para-hydroxylation sites is 1. The first kappa shape index (κ1) is 18.7. The minimum atomic E-state index is 0.0775. The Morgan fingerprint density at radius 2 is 1.65 bits per heavy atom. The Kier molecular flexibility index (Phi) is 6.92. The molecule has 142 valence electrons. The summed E-state index contributed by atoms with van der Waals surface area (Å²) < 4.78 is 0. The van der Waals surface area contributed by atoms with Gasteiger partial charge in [0.25, 0.3) is 0 Å². The lowest BCUT2D eigenvalue weighted by molar-refractivity contribution is -0.116. The van der Waals surface area contributed by atoms with Crippen molar-refractivity contribution in [3.05, 3.63) is 30.3 Å². The Morgan fingerprint density at radius 3 is 2.35 bits per heavy atom. The van der Waals surface area contributed by atoms with E-state index in [0.29, 0.717) is 18.4 Å². The molecule has 1 aromatic rings. The standard InChI is InChI=1S/C21H31N3O2/c25-20(22-18-7-3-1-4-8-18)12-11-17-13-15-24(16-14-17)21(26)23-19-9-5-2-6-10-19/h1,3-4,7-8,17,19H,2,5-6,9-16H2,(H,22,25)(H,23,26). The molecule has 1 aliphatic carbocycles. The summed E-state index contributed by atoms with van der Waals surface area (Å²) in [7, 11) is 0. The number of nitrogens with zero attached hydrogens (tertiary/aromatic N) is 1. The van der Waals surface area contributed by atoms with Crippen LogP contribution < -0.4 is 10.6 Å². The Hall–Kier alpha value is -2.04. The number of carbonyl (C=O) groups excluding carboxylic acids is 2. The molecule has 26 heavy (non-hydrogen) atoms. The molecular formula is C21H31N3O2. The molecule has 0 bridgehead atoms. The molecule has 0 radical (unpaired) electrons. The van der Waals surface area contributed by atoms with Crippen molar-refractivity contribution in [1.29, 1.82) is 0 Å². The van der Waals surface area contributed by atoms with Crippen molar-refractivity contribution in [3.8, 4) is 0 Å². The van der Waals surface area contributed by atoms with Crippen LogP contribution in [-0.2, 0) is 4.79 Å². The number of likely N-dealkylation sites (tertiary alicyclic amines) is 1. The molecule has 3 amide bonds. The third kappa shape index (κ3) is 5.75. The Morgan fingerprint density at radius 1 is 0.962 bits per heavy atom. The van der Waals surface area contributed by atoms with Gasteiger partial charge in [-0.1, -0.05) is 37.5 Å². The summed E-state index contributed by atoms with van der Waals surface area (Å²) in [6.45, 7) is 1.62. The second-order valence-electron chi connectivity index (χ2n) is 7.67. The Balaban J connectivity index is 1.33. The first-order valence-corrected chi connectivity index (χ1v) is 10.1. The largest absolute Gasteiger partial charge is 0.335 e. The summed E-state index contributed by atoms with van der Waals surface area (Å²) in [5.41, 5.74) is 0.853. The third-order valence-electron chi connectivity index (χ3n) is 5.67. The number of benzene rings is 1. The topological polar surface area (TPSA) is 61.4 Å². The molecule has 1 aliphatic heterocycles. The highest BCUT2D eigenvalue weighted by Gasteiger charge is 2.25. The van der Waals surface area contributed by atoms with Crippen LogP contribution in [0.3, 0.4) is 0 Å². The van der Waals surface area contributed by atoms with Gasteiger partial charge in [-0.2, -0.15) is 0 Å². The van der Waals surface area contributed by atoms with E-state index >= 15 is 0 Å². The maximum atomic E-state index is 12.4. The van der Waals surface area contributed by atoms with Crippen LogP contribution >= 0.6 is 0 Å². The van der Waals surface area contributed by atoms with Gasteiger partial charge in [0.15, 0.2) is 0 Å². The van der Waals surface area contributed by atoms with Crippen molar-refractivity contribution >= 4 is 17.6 Å². The number of carbonyl (C=O) groups is 2. The summed E-state index contributed by atoms with van der Waals surface area (Å²) in [6.07, 6.45) is 9.46. The van der Waals surface area contributed by atoms with E-state index in [1.165, 1.54) is 19.3 Å². The van der Waals surface area contributed by atoms with Crippen LogP contribution in [0, 0.1) is 5.92 Å². The van der Waals surface area contributed by atoms with E-state index in [1.807, 2.05) is 35.2 Å². The Bertz CT molecular complexity index is 576. The van der Waals surface area contributed by atoms with Crippen LogP contribution in [0.2, 0.25) is 0 Å². The monoisotopic (exact) mass is 357 g/mol.